The number of thiophene rings is 1. The van der Waals surface area contributed by atoms with Crippen LogP contribution < -0.4 is 5.32 Å². The van der Waals surface area contributed by atoms with Gasteiger partial charge in [0.2, 0.25) is 5.91 Å². The predicted octanol–water partition coefficient (Wildman–Crippen LogP) is 1.58. The number of nitrogens with one attached hydrogen (secondary N) is 1. The van der Waals surface area contributed by atoms with Crippen LogP contribution in [0.1, 0.15) is 23.7 Å². The van der Waals surface area contributed by atoms with Crippen LogP contribution in [0.4, 0.5) is 5.00 Å². The molecule has 2 aliphatic rings. The second kappa shape index (κ2) is 8.65. The van der Waals surface area contributed by atoms with Crippen molar-refractivity contribution in [3.05, 3.63) is 17.0 Å². The summed E-state index contributed by atoms with van der Waals surface area (Å²) < 4.78 is 10.3. The Morgan fingerprint density at radius 1 is 1.42 bits per heavy atom. The van der Waals surface area contributed by atoms with Crippen LogP contribution in [0, 0.1) is 0 Å². The predicted molar refractivity (Wildman–Crippen MR) is 99.7 cm³/mol. The van der Waals surface area contributed by atoms with Crippen molar-refractivity contribution in [1.82, 2.24) is 4.90 Å². The molecule has 1 atom stereocenters. The molecule has 0 bridgehead atoms. The summed E-state index contributed by atoms with van der Waals surface area (Å²) in [5, 5.41) is 4.94. The number of amidine groups is 1. The lowest BCUT2D eigenvalue weighted by Gasteiger charge is -2.27. The SMILES string of the molecule is CCOC(=O)c1ccsc1NC(=O)CC1SC(N2CCOCC2)=NC1=O. The van der Waals surface area contributed by atoms with Gasteiger partial charge in [-0.3, -0.25) is 9.59 Å². The summed E-state index contributed by atoms with van der Waals surface area (Å²) in [7, 11) is 0. The molecular weight excluding hydrogens is 378 g/mol. The first-order valence-corrected chi connectivity index (χ1v) is 10.0. The lowest BCUT2D eigenvalue weighted by atomic mass is 10.2. The number of rotatable bonds is 5. The Morgan fingerprint density at radius 2 is 2.19 bits per heavy atom. The first-order chi connectivity index (χ1) is 12.6. The Balaban J connectivity index is 1.55. The summed E-state index contributed by atoms with van der Waals surface area (Å²) in [6.07, 6.45) is 0.000997. The number of nitrogens with zero attached hydrogens (tertiary/aromatic N) is 2. The molecule has 8 nitrogen and oxygen atoms in total. The molecule has 2 amide bonds. The minimum absolute atomic E-state index is 0.000997. The third-order valence-corrected chi connectivity index (χ3v) is 5.84. The average Bonchev–Trinajstić information content (AvgIpc) is 3.23. The van der Waals surface area contributed by atoms with Gasteiger partial charge < -0.3 is 19.7 Å². The maximum Gasteiger partial charge on any atom is 0.341 e. The van der Waals surface area contributed by atoms with Gasteiger partial charge in [-0.05, 0) is 18.4 Å². The Morgan fingerprint density at radius 3 is 2.92 bits per heavy atom. The topological polar surface area (TPSA) is 97.3 Å². The molecule has 0 spiro atoms. The van der Waals surface area contributed by atoms with Crippen molar-refractivity contribution in [3.8, 4) is 0 Å². The van der Waals surface area contributed by atoms with Crippen LogP contribution in [0.5, 0.6) is 0 Å². The molecule has 1 saturated heterocycles. The molecule has 1 aromatic heterocycles. The van der Waals surface area contributed by atoms with E-state index >= 15 is 0 Å². The highest BCUT2D eigenvalue weighted by atomic mass is 32.2. The Bertz CT molecular complexity index is 727. The number of carbonyl (C=O) groups excluding carboxylic acids is 3. The third-order valence-electron chi connectivity index (χ3n) is 3.79. The summed E-state index contributed by atoms with van der Waals surface area (Å²) >= 11 is 2.55. The highest BCUT2D eigenvalue weighted by Gasteiger charge is 2.33. The Hall–Kier alpha value is -1.91. The molecule has 3 heterocycles. The molecule has 0 aliphatic carbocycles. The van der Waals surface area contributed by atoms with Crippen LogP contribution in [0.2, 0.25) is 0 Å². The fraction of sp³-hybridized carbons (Fsp3) is 0.500. The van der Waals surface area contributed by atoms with E-state index in [-0.39, 0.29) is 24.8 Å². The van der Waals surface area contributed by atoms with Crippen LogP contribution >= 0.6 is 23.1 Å². The van der Waals surface area contributed by atoms with Gasteiger partial charge in [0.15, 0.2) is 5.17 Å². The second-order valence-electron chi connectivity index (χ2n) is 5.57. The molecule has 26 heavy (non-hydrogen) atoms. The third kappa shape index (κ3) is 4.43. The largest absolute Gasteiger partial charge is 0.462 e. The Labute approximate surface area is 158 Å². The number of aliphatic imine (C=N–C) groups is 1. The first-order valence-electron chi connectivity index (χ1n) is 8.25. The second-order valence-corrected chi connectivity index (χ2v) is 7.66. The van der Waals surface area contributed by atoms with E-state index in [4.69, 9.17) is 9.47 Å². The van der Waals surface area contributed by atoms with Crippen molar-refractivity contribution < 1.29 is 23.9 Å². The van der Waals surface area contributed by atoms with E-state index in [0.717, 1.165) is 0 Å². The van der Waals surface area contributed by atoms with Crippen LogP contribution in [-0.2, 0) is 19.1 Å². The van der Waals surface area contributed by atoms with Gasteiger partial charge in [-0.25, -0.2) is 4.79 Å². The number of hydrogen-bond acceptors (Lipinski definition) is 8. The van der Waals surface area contributed by atoms with E-state index in [2.05, 4.69) is 10.3 Å². The first kappa shape index (κ1) is 18.9. The molecule has 2 aliphatic heterocycles. The molecule has 10 heteroatoms. The zero-order valence-electron chi connectivity index (χ0n) is 14.2. The van der Waals surface area contributed by atoms with E-state index in [1.807, 2.05) is 4.90 Å². The van der Waals surface area contributed by atoms with Crippen LogP contribution in [0.25, 0.3) is 0 Å². The summed E-state index contributed by atoms with van der Waals surface area (Å²) in [6.45, 7) is 4.57. The van der Waals surface area contributed by atoms with Crippen molar-refractivity contribution in [2.45, 2.75) is 18.6 Å². The van der Waals surface area contributed by atoms with Crippen molar-refractivity contribution >= 4 is 51.1 Å². The molecule has 1 aromatic rings. The van der Waals surface area contributed by atoms with Crippen molar-refractivity contribution in [3.63, 3.8) is 0 Å². The van der Waals surface area contributed by atoms with Gasteiger partial charge in [0.05, 0.1) is 25.4 Å². The molecule has 0 saturated carbocycles. The zero-order valence-corrected chi connectivity index (χ0v) is 15.9. The fourth-order valence-corrected chi connectivity index (χ4v) is 4.43. The smallest absolute Gasteiger partial charge is 0.341 e. The fourth-order valence-electron chi connectivity index (χ4n) is 2.52. The summed E-state index contributed by atoms with van der Waals surface area (Å²) in [5.41, 5.74) is 0.320. The molecule has 1 N–H and O–H groups in total. The van der Waals surface area contributed by atoms with E-state index in [9.17, 15) is 14.4 Å². The summed E-state index contributed by atoms with van der Waals surface area (Å²) in [5.74, 6) is -1.11. The quantitative estimate of drug-likeness (QED) is 0.754. The maximum absolute atomic E-state index is 12.3. The molecule has 3 rings (SSSR count). The highest BCUT2D eigenvalue weighted by Crippen LogP contribution is 2.29. The standard InChI is InChI=1S/C16H19N3O5S2/c1-2-24-15(22)10-3-8-25-14(10)17-12(20)9-11-13(21)18-16(26-11)19-4-6-23-7-5-19/h3,8,11H,2,4-7,9H2,1H3,(H,17,20). The summed E-state index contributed by atoms with van der Waals surface area (Å²) in [4.78, 5) is 42.4. The van der Waals surface area contributed by atoms with Crippen LogP contribution in [0.3, 0.4) is 0 Å². The molecule has 0 radical (unpaired) electrons. The normalized spacial score (nSPS) is 20.0. The van der Waals surface area contributed by atoms with E-state index in [1.54, 1.807) is 18.4 Å². The minimum Gasteiger partial charge on any atom is -0.462 e. The minimum atomic E-state index is -0.543. The number of carbonyl (C=O) groups is 3. The zero-order chi connectivity index (χ0) is 18.5. The van der Waals surface area contributed by atoms with Crippen LogP contribution in [0.15, 0.2) is 16.4 Å². The lowest BCUT2D eigenvalue weighted by molar-refractivity contribution is -0.121. The average molecular weight is 397 g/mol. The molecule has 0 aromatic carbocycles. The van der Waals surface area contributed by atoms with Gasteiger partial charge in [-0.2, -0.15) is 4.99 Å². The van der Waals surface area contributed by atoms with Crippen molar-refractivity contribution in [2.24, 2.45) is 4.99 Å². The number of anilines is 1. The highest BCUT2D eigenvalue weighted by molar-refractivity contribution is 8.15. The Kier molecular flexibility index (Phi) is 6.28. The van der Waals surface area contributed by atoms with Gasteiger partial charge in [0, 0.05) is 19.5 Å². The molecular formula is C16H19N3O5S2. The van der Waals surface area contributed by atoms with Gasteiger partial charge in [-0.1, -0.05) is 11.8 Å². The molecule has 140 valence electrons. The summed E-state index contributed by atoms with van der Waals surface area (Å²) in [6, 6.07) is 1.60. The maximum atomic E-state index is 12.3. The van der Waals surface area contributed by atoms with Gasteiger partial charge in [-0.15, -0.1) is 11.3 Å². The molecule has 1 unspecified atom stereocenters. The molecule has 1 fully saturated rings. The van der Waals surface area contributed by atoms with Gasteiger partial charge in [0.1, 0.15) is 10.3 Å². The number of hydrogen-bond donors (Lipinski definition) is 1. The number of amides is 2. The number of ether oxygens (including phenoxy) is 2. The van der Waals surface area contributed by atoms with Crippen molar-refractivity contribution in [1.29, 1.82) is 0 Å². The lowest BCUT2D eigenvalue weighted by Crippen LogP contribution is -2.39. The number of morpholine rings is 1. The van der Waals surface area contributed by atoms with Gasteiger partial charge in [0.25, 0.3) is 5.91 Å². The monoisotopic (exact) mass is 397 g/mol. The van der Waals surface area contributed by atoms with E-state index < -0.39 is 11.2 Å². The van der Waals surface area contributed by atoms with E-state index in [0.29, 0.717) is 42.0 Å². The van der Waals surface area contributed by atoms with E-state index in [1.165, 1.54) is 23.1 Å². The number of esters is 1. The number of thioether (sulfide) groups is 1. The van der Waals surface area contributed by atoms with Crippen LogP contribution in [-0.4, -0.2) is 66.0 Å². The van der Waals surface area contributed by atoms with Crippen molar-refractivity contribution in [2.75, 3.05) is 38.2 Å². The van der Waals surface area contributed by atoms with Gasteiger partial charge >= 0.3 is 5.97 Å².